The van der Waals surface area contributed by atoms with Crippen LogP contribution in [0.25, 0.3) is 16.8 Å². The van der Waals surface area contributed by atoms with Crippen LogP contribution in [-0.2, 0) is 6.42 Å². The van der Waals surface area contributed by atoms with Gasteiger partial charge in [-0.3, -0.25) is 0 Å². The molecule has 0 spiro atoms. The van der Waals surface area contributed by atoms with Crippen LogP contribution in [0.4, 0.5) is 0 Å². The van der Waals surface area contributed by atoms with Gasteiger partial charge in [-0.2, -0.15) is 0 Å². The molecule has 0 saturated heterocycles. The molecule has 1 aromatic heterocycles. The molecule has 58 valence electrons. The van der Waals surface area contributed by atoms with E-state index in [4.69, 9.17) is 0 Å². The fourth-order valence-corrected chi connectivity index (χ4v) is 3.92. The molecular formula is C11H8Te. The first-order chi connectivity index (χ1) is 5.93. The number of benzene rings is 1. The number of fused-ring (bicyclic) bond motifs is 2. The second kappa shape index (κ2) is 2.49. The molecule has 0 fully saturated rings. The van der Waals surface area contributed by atoms with Gasteiger partial charge < -0.3 is 0 Å². The Morgan fingerprint density at radius 3 is 2.83 bits per heavy atom. The van der Waals surface area contributed by atoms with Crippen LogP contribution in [0.5, 0.6) is 0 Å². The Kier molecular flexibility index (Phi) is 1.44. The molecule has 0 nitrogen and oxygen atoms in total. The zero-order valence-electron chi connectivity index (χ0n) is 6.58. The molecule has 0 amide bonds. The Morgan fingerprint density at radius 1 is 1.08 bits per heavy atom. The normalized spacial score (nSPS) is 14.0. The van der Waals surface area contributed by atoms with Gasteiger partial charge in [0, 0.05) is 0 Å². The van der Waals surface area contributed by atoms with Crippen LogP contribution in [0, 0.1) is 0 Å². The Morgan fingerprint density at radius 2 is 1.92 bits per heavy atom. The van der Waals surface area contributed by atoms with Crippen LogP contribution < -0.4 is 0 Å². The number of rotatable bonds is 0. The zero-order chi connectivity index (χ0) is 7.97. The molecule has 1 aliphatic carbocycles. The summed E-state index contributed by atoms with van der Waals surface area (Å²) >= 11 is 0.0714. The molecule has 0 radical (unpaired) electrons. The van der Waals surface area contributed by atoms with Crippen LogP contribution >= 0.6 is 0 Å². The second-order valence-electron chi connectivity index (χ2n) is 3.16. The molecule has 12 heavy (non-hydrogen) atoms. The van der Waals surface area contributed by atoms with E-state index in [9.17, 15) is 0 Å². The summed E-state index contributed by atoms with van der Waals surface area (Å²) in [5.41, 5.74) is 2.94. The first-order valence-electron chi connectivity index (χ1n) is 4.09. The molecule has 0 atom stereocenters. The van der Waals surface area contributed by atoms with Crippen molar-refractivity contribution in [3.63, 3.8) is 0 Å². The van der Waals surface area contributed by atoms with Gasteiger partial charge in [0.25, 0.3) is 0 Å². The van der Waals surface area contributed by atoms with Crippen LogP contribution in [0.15, 0.2) is 26.4 Å². The van der Waals surface area contributed by atoms with Gasteiger partial charge in [-0.15, -0.1) is 0 Å². The number of allylic oxidation sites excluding steroid dienone is 1. The summed E-state index contributed by atoms with van der Waals surface area (Å²) < 4.78 is 4.85. The first-order valence-corrected chi connectivity index (χ1v) is 6.78. The second-order valence-corrected chi connectivity index (χ2v) is 5.28. The van der Waals surface area contributed by atoms with Crippen molar-refractivity contribution in [2.75, 3.05) is 0 Å². The van der Waals surface area contributed by atoms with Crippen LogP contribution in [0.2, 0.25) is 0 Å². The van der Waals surface area contributed by atoms with Crippen molar-refractivity contribution in [2.24, 2.45) is 0 Å². The van der Waals surface area contributed by atoms with Gasteiger partial charge in [0.05, 0.1) is 0 Å². The average molecular weight is 268 g/mol. The van der Waals surface area contributed by atoms with Crippen LogP contribution in [0.1, 0.15) is 11.1 Å². The van der Waals surface area contributed by atoms with E-state index in [1.54, 1.807) is 0 Å². The van der Waals surface area contributed by atoms with E-state index < -0.39 is 0 Å². The first kappa shape index (κ1) is 6.95. The topological polar surface area (TPSA) is 0 Å². The zero-order valence-corrected chi connectivity index (χ0v) is 8.91. The molecule has 1 heteroatoms. The van der Waals surface area contributed by atoms with E-state index in [0.717, 1.165) is 6.42 Å². The van der Waals surface area contributed by atoms with Crippen molar-refractivity contribution < 1.29 is 0 Å². The standard InChI is InChI=1S/C11H8Te/c1-2-8-4-10-6-12-7-11(10)5-9(8)3-1/h1-2,4-7H,3H2. The molecule has 0 N–H and O–H groups in total. The van der Waals surface area contributed by atoms with E-state index in [0.29, 0.717) is 0 Å². The van der Waals surface area contributed by atoms with Gasteiger partial charge in [-0.1, -0.05) is 0 Å². The summed E-state index contributed by atoms with van der Waals surface area (Å²) in [7, 11) is 0. The van der Waals surface area contributed by atoms with Crippen molar-refractivity contribution in [3.8, 4) is 0 Å². The maximum absolute atomic E-state index is 2.43. The van der Waals surface area contributed by atoms with Gasteiger partial charge in [-0.05, 0) is 0 Å². The van der Waals surface area contributed by atoms with Crippen molar-refractivity contribution in [1.29, 1.82) is 0 Å². The summed E-state index contributed by atoms with van der Waals surface area (Å²) in [5.74, 6) is 0. The van der Waals surface area contributed by atoms with Gasteiger partial charge in [-0.25, -0.2) is 0 Å². The van der Waals surface area contributed by atoms with E-state index >= 15 is 0 Å². The number of hydrogen-bond donors (Lipinski definition) is 0. The van der Waals surface area contributed by atoms with Crippen molar-refractivity contribution in [1.82, 2.24) is 0 Å². The Bertz CT molecular complexity index is 463. The summed E-state index contributed by atoms with van der Waals surface area (Å²) in [4.78, 5) is 0. The summed E-state index contributed by atoms with van der Waals surface area (Å²) in [6, 6.07) is 4.70. The van der Waals surface area contributed by atoms with Gasteiger partial charge in [0.15, 0.2) is 0 Å². The molecule has 0 saturated carbocycles. The summed E-state index contributed by atoms with van der Waals surface area (Å²) in [6.07, 6.45) is 5.62. The third-order valence-corrected chi connectivity index (χ3v) is 4.60. The molecular weight excluding hydrogens is 260 g/mol. The Balaban J connectivity index is 2.43. The van der Waals surface area contributed by atoms with Crippen LogP contribution in [-0.4, -0.2) is 20.4 Å². The maximum atomic E-state index is 2.43. The minimum absolute atomic E-state index is 0.0714. The fourth-order valence-electron chi connectivity index (χ4n) is 1.73. The molecule has 0 bridgehead atoms. The quantitative estimate of drug-likeness (QED) is 0.644. The van der Waals surface area contributed by atoms with Gasteiger partial charge in [0.2, 0.25) is 0 Å². The third-order valence-electron chi connectivity index (χ3n) is 2.37. The van der Waals surface area contributed by atoms with E-state index in [1.807, 2.05) is 0 Å². The van der Waals surface area contributed by atoms with Crippen molar-refractivity contribution in [3.05, 3.63) is 37.5 Å². The van der Waals surface area contributed by atoms with Crippen LogP contribution in [0.3, 0.4) is 0 Å². The average Bonchev–Trinajstić information content (AvgIpc) is 2.64. The van der Waals surface area contributed by atoms with Crippen molar-refractivity contribution >= 4 is 37.3 Å². The molecule has 1 aromatic carbocycles. The molecule has 3 rings (SSSR count). The minimum atomic E-state index is 0.0714. The molecule has 2 aromatic rings. The van der Waals surface area contributed by atoms with Crippen molar-refractivity contribution in [2.45, 2.75) is 6.42 Å². The number of hydrogen-bond acceptors (Lipinski definition) is 0. The predicted molar refractivity (Wildman–Crippen MR) is 53.6 cm³/mol. The monoisotopic (exact) mass is 270 g/mol. The summed E-state index contributed by atoms with van der Waals surface area (Å²) in [6.45, 7) is 0. The molecule has 0 aliphatic heterocycles. The van der Waals surface area contributed by atoms with Gasteiger partial charge >= 0.3 is 81.2 Å². The molecule has 1 heterocycles. The Labute approximate surface area is 81.1 Å². The third kappa shape index (κ3) is 0.905. The SMILES string of the molecule is C1=Cc2cc3c[te]cc3cc2C1. The predicted octanol–water partition coefficient (Wildman–Crippen LogP) is 2.47. The van der Waals surface area contributed by atoms with Gasteiger partial charge in [0.1, 0.15) is 0 Å². The Hall–Kier alpha value is -0.510. The van der Waals surface area contributed by atoms with E-state index in [2.05, 4.69) is 32.4 Å². The summed E-state index contributed by atoms with van der Waals surface area (Å²) in [5, 5.41) is 2.96. The molecule has 0 unspecified atom stereocenters. The molecule has 1 aliphatic rings. The van der Waals surface area contributed by atoms with E-state index in [1.165, 1.54) is 21.9 Å². The van der Waals surface area contributed by atoms with E-state index in [-0.39, 0.29) is 20.4 Å². The fraction of sp³-hybridized carbons (Fsp3) is 0.0909.